The minimum atomic E-state index is -0.884. The number of fused-ring (bicyclic) bond motifs is 1. The predicted molar refractivity (Wildman–Crippen MR) is 43.2 cm³/mol. The van der Waals surface area contributed by atoms with Crippen molar-refractivity contribution in [3.8, 4) is 11.5 Å². The molecule has 0 saturated heterocycles. The van der Waals surface area contributed by atoms with Gasteiger partial charge >= 0.3 is 0 Å². The fourth-order valence-electron chi connectivity index (χ4n) is 1.16. The largest absolute Gasteiger partial charge is 0.504 e. The number of anilines is 1. The van der Waals surface area contributed by atoms with Crippen LogP contribution in [0.1, 0.15) is 0 Å². The molecule has 0 saturated carbocycles. The van der Waals surface area contributed by atoms with Gasteiger partial charge < -0.3 is 20.3 Å². The fraction of sp³-hybridized carbons (Fsp3) is 0.250. The van der Waals surface area contributed by atoms with E-state index < -0.39 is 6.29 Å². The molecule has 2 rings (SSSR count). The van der Waals surface area contributed by atoms with E-state index in [0.29, 0.717) is 18.0 Å². The highest BCUT2D eigenvalue weighted by atomic mass is 16.6. The van der Waals surface area contributed by atoms with Gasteiger partial charge in [0.25, 0.3) is 0 Å². The molecule has 0 radical (unpaired) electrons. The molecular formula is C8H9NO3. The summed E-state index contributed by atoms with van der Waals surface area (Å²) in [5.41, 5.74) is 0.709. The highest BCUT2D eigenvalue weighted by molar-refractivity contribution is 5.63. The Morgan fingerprint density at radius 3 is 3.17 bits per heavy atom. The van der Waals surface area contributed by atoms with E-state index in [4.69, 9.17) is 9.84 Å². The molecule has 4 heteroatoms. The molecule has 1 aliphatic rings. The van der Waals surface area contributed by atoms with Crippen molar-refractivity contribution >= 4 is 5.69 Å². The summed E-state index contributed by atoms with van der Waals surface area (Å²) in [7, 11) is 0. The van der Waals surface area contributed by atoms with Crippen LogP contribution in [0.4, 0.5) is 5.69 Å². The molecular weight excluding hydrogens is 158 g/mol. The third-order valence-corrected chi connectivity index (χ3v) is 1.72. The summed E-state index contributed by atoms with van der Waals surface area (Å²) in [5.74, 6) is 0.356. The molecule has 0 aliphatic carbocycles. The third kappa shape index (κ3) is 1.06. The number of phenolic OH excluding ortho intramolecular Hbond substituents is 1. The lowest BCUT2D eigenvalue weighted by atomic mass is 10.2. The molecule has 1 unspecified atom stereocenters. The van der Waals surface area contributed by atoms with Crippen LogP contribution in [0.15, 0.2) is 18.2 Å². The van der Waals surface area contributed by atoms with Crippen molar-refractivity contribution in [3.63, 3.8) is 0 Å². The molecule has 1 aromatic rings. The number of aromatic hydroxyl groups is 1. The summed E-state index contributed by atoms with van der Waals surface area (Å²) in [5, 5.41) is 21.3. The molecule has 1 aromatic carbocycles. The van der Waals surface area contributed by atoms with Crippen LogP contribution < -0.4 is 10.1 Å². The Bertz CT molecular complexity index is 300. The molecule has 0 spiro atoms. The highest BCUT2D eigenvalue weighted by Gasteiger charge is 2.18. The molecule has 1 aliphatic heterocycles. The van der Waals surface area contributed by atoms with E-state index in [1.165, 1.54) is 6.07 Å². The van der Waals surface area contributed by atoms with Gasteiger partial charge in [-0.05, 0) is 12.1 Å². The summed E-state index contributed by atoms with van der Waals surface area (Å²) in [4.78, 5) is 0. The van der Waals surface area contributed by atoms with Gasteiger partial charge in [0.2, 0.25) is 6.29 Å². The zero-order valence-electron chi connectivity index (χ0n) is 6.32. The van der Waals surface area contributed by atoms with Gasteiger partial charge in [0.05, 0.1) is 12.2 Å². The Morgan fingerprint density at radius 2 is 2.33 bits per heavy atom. The number of ether oxygens (including phenoxy) is 1. The number of aliphatic hydroxyl groups is 1. The molecule has 1 heterocycles. The van der Waals surface area contributed by atoms with E-state index in [9.17, 15) is 5.11 Å². The van der Waals surface area contributed by atoms with Crippen molar-refractivity contribution in [2.45, 2.75) is 6.29 Å². The first kappa shape index (κ1) is 7.24. The van der Waals surface area contributed by atoms with Crippen molar-refractivity contribution in [2.24, 2.45) is 0 Å². The fourth-order valence-corrected chi connectivity index (χ4v) is 1.16. The Morgan fingerprint density at radius 1 is 1.50 bits per heavy atom. The van der Waals surface area contributed by atoms with Gasteiger partial charge in [0, 0.05) is 0 Å². The lowest BCUT2D eigenvalue weighted by Gasteiger charge is -2.23. The van der Waals surface area contributed by atoms with Crippen LogP contribution in [-0.2, 0) is 0 Å². The quantitative estimate of drug-likeness (QED) is 0.527. The molecule has 64 valence electrons. The third-order valence-electron chi connectivity index (χ3n) is 1.72. The van der Waals surface area contributed by atoms with Gasteiger partial charge in [0.1, 0.15) is 0 Å². The summed E-state index contributed by atoms with van der Waals surface area (Å²) in [6, 6.07) is 5.00. The summed E-state index contributed by atoms with van der Waals surface area (Å²) in [6.07, 6.45) is -0.884. The van der Waals surface area contributed by atoms with Gasteiger partial charge in [-0.1, -0.05) is 6.07 Å². The van der Waals surface area contributed by atoms with Crippen molar-refractivity contribution in [3.05, 3.63) is 18.2 Å². The van der Waals surface area contributed by atoms with Gasteiger partial charge in [0.15, 0.2) is 11.5 Å². The molecule has 0 fully saturated rings. The Labute approximate surface area is 69.4 Å². The molecule has 3 N–H and O–H groups in total. The second-order valence-corrected chi connectivity index (χ2v) is 2.61. The molecule has 0 amide bonds. The summed E-state index contributed by atoms with van der Waals surface area (Å²) < 4.78 is 5.01. The van der Waals surface area contributed by atoms with Crippen LogP contribution in [-0.4, -0.2) is 23.0 Å². The van der Waals surface area contributed by atoms with Crippen molar-refractivity contribution in [2.75, 3.05) is 11.9 Å². The maximum atomic E-state index is 9.30. The zero-order valence-corrected chi connectivity index (χ0v) is 6.32. The van der Waals surface area contributed by atoms with E-state index in [2.05, 4.69) is 5.32 Å². The smallest absolute Gasteiger partial charge is 0.215 e. The minimum Gasteiger partial charge on any atom is -0.504 e. The van der Waals surface area contributed by atoms with E-state index in [1.807, 2.05) is 0 Å². The average molecular weight is 167 g/mol. The van der Waals surface area contributed by atoms with Crippen LogP contribution in [0.25, 0.3) is 0 Å². The number of hydrogen-bond donors (Lipinski definition) is 3. The van der Waals surface area contributed by atoms with Gasteiger partial charge in [-0.2, -0.15) is 0 Å². The number of aliphatic hydroxyl groups excluding tert-OH is 1. The van der Waals surface area contributed by atoms with E-state index in [-0.39, 0.29) is 5.75 Å². The van der Waals surface area contributed by atoms with Crippen LogP contribution in [0.3, 0.4) is 0 Å². The molecule has 0 bridgehead atoms. The highest BCUT2D eigenvalue weighted by Crippen LogP contribution is 2.36. The Balaban J connectivity index is 2.43. The first-order valence-electron chi connectivity index (χ1n) is 3.68. The van der Waals surface area contributed by atoms with Crippen LogP contribution >= 0.6 is 0 Å². The zero-order chi connectivity index (χ0) is 8.55. The molecule has 4 nitrogen and oxygen atoms in total. The first-order chi connectivity index (χ1) is 5.77. The maximum absolute atomic E-state index is 9.30. The van der Waals surface area contributed by atoms with Crippen LogP contribution in [0.5, 0.6) is 11.5 Å². The lowest BCUT2D eigenvalue weighted by Crippen LogP contribution is -2.30. The van der Waals surface area contributed by atoms with Crippen LogP contribution in [0.2, 0.25) is 0 Å². The second kappa shape index (κ2) is 2.57. The van der Waals surface area contributed by atoms with Gasteiger partial charge in [-0.25, -0.2) is 0 Å². The summed E-state index contributed by atoms with van der Waals surface area (Å²) >= 11 is 0. The number of rotatable bonds is 0. The van der Waals surface area contributed by atoms with Crippen molar-refractivity contribution in [1.29, 1.82) is 0 Å². The standard InChI is InChI=1S/C8H9NO3/c10-6-3-1-2-5-8(6)12-7(11)4-9-5/h1-3,7,9-11H,4H2. The van der Waals surface area contributed by atoms with Gasteiger partial charge in [-0.15, -0.1) is 0 Å². The van der Waals surface area contributed by atoms with Crippen molar-refractivity contribution in [1.82, 2.24) is 0 Å². The number of hydrogen-bond acceptors (Lipinski definition) is 4. The van der Waals surface area contributed by atoms with E-state index in [0.717, 1.165) is 0 Å². The number of phenols is 1. The first-order valence-corrected chi connectivity index (χ1v) is 3.68. The molecule has 12 heavy (non-hydrogen) atoms. The Hall–Kier alpha value is -1.42. The number of benzene rings is 1. The monoisotopic (exact) mass is 167 g/mol. The topological polar surface area (TPSA) is 61.7 Å². The molecule has 0 aromatic heterocycles. The SMILES string of the molecule is Oc1cccc2c1OC(O)CN2. The molecule has 1 atom stereocenters. The minimum absolute atomic E-state index is 0.0405. The average Bonchev–Trinajstić information content (AvgIpc) is 2.07. The predicted octanol–water partition coefficient (Wildman–Crippen LogP) is 0.515. The lowest BCUT2D eigenvalue weighted by molar-refractivity contribution is -0.0116. The summed E-state index contributed by atoms with van der Waals surface area (Å²) in [6.45, 7) is 0.344. The van der Waals surface area contributed by atoms with Gasteiger partial charge in [-0.3, -0.25) is 0 Å². The normalized spacial score (nSPS) is 20.6. The second-order valence-electron chi connectivity index (χ2n) is 2.61. The van der Waals surface area contributed by atoms with Crippen molar-refractivity contribution < 1.29 is 14.9 Å². The van der Waals surface area contributed by atoms with E-state index in [1.54, 1.807) is 12.1 Å². The Kier molecular flexibility index (Phi) is 1.55. The number of β-amino-alcohol motifs (C(OH)–C–C–N with tert-alkyl or cyclic N) is 1. The van der Waals surface area contributed by atoms with E-state index >= 15 is 0 Å². The number of nitrogens with one attached hydrogen (secondary N) is 1. The van der Waals surface area contributed by atoms with Crippen LogP contribution in [0, 0.1) is 0 Å². The maximum Gasteiger partial charge on any atom is 0.215 e. The number of para-hydroxylation sites is 1.